The van der Waals surface area contributed by atoms with Crippen LogP contribution in [0.3, 0.4) is 0 Å². The number of nitrogens with two attached hydrogens (primary N) is 2. The summed E-state index contributed by atoms with van der Waals surface area (Å²) in [6.45, 7) is 0.990. The van der Waals surface area contributed by atoms with Crippen molar-refractivity contribution in [1.82, 2.24) is 5.32 Å². The van der Waals surface area contributed by atoms with Gasteiger partial charge in [0.2, 0.25) is 0 Å². The van der Waals surface area contributed by atoms with Crippen molar-refractivity contribution in [3.05, 3.63) is 35.4 Å². The van der Waals surface area contributed by atoms with E-state index < -0.39 is 6.03 Å². The maximum atomic E-state index is 10.4. The highest BCUT2D eigenvalue weighted by Crippen LogP contribution is 2.02. The van der Waals surface area contributed by atoms with Gasteiger partial charge in [-0.25, -0.2) is 4.79 Å². The Morgan fingerprint density at radius 1 is 1.23 bits per heavy atom. The van der Waals surface area contributed by atoms with E-state index in [0.717, 1.165) is 11.1 Å². The molecule has 70 valence electrons. The first-order chi connectivity index (χ1) is 6.22. The first-order valence-corrected chi connectivity index (χ1v) is 4.03. The summed E-state index contributed by atoms with van der Waals surface area (Å²) in [5.41, 5.74) is 12.4. The van der Waals surface area contributed by atoms with Crippen LogP contribution in [0.15, 0.2) is 24.3 Å². The van der Waals surface area contributed by atoms with Crippen LogP contribution in [0.1, 0.15) is 11.1 Å². The normalized spacial score (nSPS) is 9.62. The zero-order valence-corrected chi connectivity index (χ0v) is 7.29. The van der Waals surface area contributed by atoms with Gasteiger partial charge in [-0.3, -0.25) is 0 Å². The predicted molar refractivity (Wildman–Crippen MR) is 50.8 cm³/mol. The average molecular weight is 179 g/mol. The van der Waals surface area contributed by atoms with Crippen LogP contribution in [0, 0.1) is 0 Å². The van der Waals surface area contributed by atoms with E-state index in [0.29, 0.717) is 13.1 Å². The van der Waals surface area contributed by atoms with Crippen molar-refractivity contribution in [2.24, 2.45) is 11.5 Å². The molecule has 1 aromatic carbocycles. The number of nitrogens with one attached hydrogen (secondary N) is 1. The van der Waals surface area contributed by atoms with Gasteiger partial charge in [0.15, 0.2) is 0 Å². The Hall–Kier alpha value is -1.55. The third kappa shape index (κ3) is 3.13. The Morgan fingerprint density at radius 3 is 2.23 bits per heavy atom. The second-order valence-corrected chi connectivity index (χ2v) is 2.74. The van der Waals surface area contributed by atoms with Crippen LogP contribution in [0.4, 0.5) is 4.79 Å². The van der Waals surface area contributed by atoms with E-state index >= 15 is 0 Å². The fourth-order valence-electron chi connectivity index (χ4n) is 0.982. The zero-order chi connectivity index (χ0) is 9.68. The van der Waals surface area contributed by atoms with Crippen LogP contribution in [0.25, 0.3) is 0 Å². The number of carbonyl (C=O) groups is 1. The van der Waals surface area contributed by atoms with Gasteiger partial charge in [0.05, 0.1) is 0 Å². The Kier molecular flexibility index (Phi) is 3.28. The van der Waals surface area contributed by atoms with Crippen LogP contribution >= 0.6 is 0 Å². The number of urea groups is 1. The lowest BCUT2D eigenvalue weighted by Gasteiger charge is -2.02. The number of carbonyl (C=O) groups excluding carboxylic acids is 1. The number of benzene rings is 1. The summed E-state index contributed by atoms with van der Waals surface area (Å²) < 4.78 is 0. The van der Waals surface area contributed by atoms with Crippen molar-refractivity contribution in [2.45, 2.75) is 13.1 Å². The molecule has 0 fully saturated rings. The molecule has 0 saturated carbocycles. The van der Waals surface area contributed by atoms with E-state index in [4.69, 9.17) is 11.5 Å². The molecule has 0 aliphatic carbocycles. The second-order valence-electron chi connectivity index (χ2n) is 2.74. The van der Waals surface area contributed by atoms with E-state index in [1.54, 1.807) is 0 Å². The fourth-order valence-corrected chi connectivity index (χ4v) is 0.982. The van der Waals surface area contributed by atoms with Crippen molar-refractivity contribution in [1.29, 1.82) is 0 Å². The minimum atomic E-state index is -0.511. The highest BCUT2D eigenvalue weighted by atomic mass is 16.2. The van der Waals surface area contributed by atoms with Crippen LogP contribution in [-0.2, 0) is 13.1 Å². The third-order valence-corrected chi connectivity index (χ3v) is 1.73. The van der Waals surface area contributed by atoms with E-state index in [1.165, 1.54) is 0 Å². The van der Waals surface area contributed by atoms with Crippen molar-refractivity contribution in [3.63, 3.8) is 0 Å². The summed E-state index contributed by atoms with van der Waals surface area (Å²) in [4.78, 5) is 10.4. The molecule has 0 radical (unpaired) electrons. The summed E-state index contributed by atoms with van der Waals surface area (Å²) in [5.74, 6) is 0. The molecule has 0 spiro atoms. The molecule has 4 heteroatoms. The molecule has 4 nitrogen and oxygen atoms in total. The molecule has 0 saturated heterocycles. The van der Waals surface area contributed by atoms with Gasteiger partial charge in [-0.2, -0.15) is 0 Å². The quantitative estimate of drug-likeness (QED) is 0.624. The smallest absolute Gasteiger partial charge is 0.312 e. The molecule has 0 heterocycles. The lowest BCUT2D eigenvalue weighted by Crippen LogP contribution is -2.28. The number of amides is 2. The topological polar surface area (TPSA) is 81.1 Å². The highest BCUT2D eigenvalue weighted by molar-refractivity contribution is 5.71. The van der Waals surface area contributed by atoms with Crippen LogP contribution in [0.2, 0.25) is 0 Å². The number of rotatable bonds is 3. The van der Waals surface area contributed by atoms with Crippen LogP contribution in [-0.4, -0.2) is 6.03 Å². The monoisotopic (exact) mass is 179 g/mol. The lowest BCUT2D eigenvalue weighted by molar-refractivity contribution is 0.248. The molecule has 0 aromatic heterocycles. The highest BCUT2D eigenvalue weighted by Gasteiger charge is 1.94. The molecule has 1 rings (SSSR count). The van der Waals surface area contributed by atoms with Gasteiger partial charge < -0.3 is 16.8 Å². The van der Waals surface area contributed by atoms with E-state index in [2.05, 4.69) is 5.32 Å². The minimum absolute atomic E-state index is 0.459. The van der Waals surface area contributed by atoms with Gasteiger partial charge in [0.1, 0.15) is 0 Å². The summed E-state index contributed by atoms with van der Waals surface area (Å²) in [6, 6.07) is 7.18. The third-order valence-electron chi connectivity index (χ3n) is 1.73. The van der Waals surface area contributed by atoms with E-state index in [1.807, 2.05) is 24.3 Å². The van der Waals surface area contributed by atoms with Crippen molar-refractivity contribution >= 4 is 6.03 Å². The molecule has 0 atom stereocenters. The van der Waals surface area contributed by atoms with Gasteiger partial charge >= 0.3 is 6.03 Å². The first-order valence-electron chi connectivity index (χ1n) is 4.03. The number of hydrogen-bond donors (Lipinski definition) is 3. The minimum Gasteiger partial charge on any atom is -0.352 e. The maximum absolute atomic E-state index is 10.4. The molecule has 0 aliphatic heterocycles. The molecular formula is C9H13N3O. The fraction of sp³-hybridized carbons (Fsp3) is 0.222. The van der Waals surface area contributed by atoms with Crippen LogP contribution in [0.5, 0.6) is 0 Å². The summed E-state index contributed by atoms with van der Waals surface area (Å²) in [7, 11) is 0. The maximum Gasteiger partial charge on any atom is 0.312 e. The van der Waals surface area contributed by atoms with Crippen molar-refractivity contribution in [2.75, 3.05) is 0 Å². The van der Waals surface area contributed by atoms with Gasteiger partial charge in [0.25, 0.3) is 0 Å². The van der Waals surface area contributed by atoms with Crippen molar-refractivity contribution in [3.8, 4) is 0 Å². The SMILES string of the molecule is NCc1ccc(CNC(N)=O)cc1. The molecular weight excluding hydrogens is 166 g/mol. The first kappa shape index (κ1) is 9.54. The summed E-state index contributed by atoms with van der Waals surface area (Å²) >= 11 is 0. The molecule has 0 bridgehead atoms. The summed E-state index contributed by atoms with van der Waals surface area (Å²) in [5, 5.41) is 2.51. The van der Waals surface area contributed by atoms with E-state index in [9.17, 15) is 4.79 Å². The van der Waals surface area contributed by atoms with Gasteiger partial charge in [0, 0.05) is 13.1 Å². The lowest BCUT2D eigenvalue weighted by atomic mass is 10.1. The van der Waals surface area contributed by atoms with Crippen molar-refractivity contribution < 1.29 is 4.79 Å². The van der Waals surface area contributed by atoms with E-state index in [-0.39, 0.29) is 0 Å². The van der Waals surface area contributed by atoms with Crippen LogP contribution < -0.4 is 16.8 Å². The molecule has 13 heavy (non-hydrogen) atoms. The molecule has 1 aromatic rings. The Bertz CT molecular complexity index is 281. The Labute approximate surface area is 76.9 Å². The van der Waals surface area contributed by atoms with Gasteiger partial charge in [-0.1, -0.05) is 24.3 Å². The molecule has 0 aliphatic rings. The molecule has 5 N–H and O–H groups in total. The zero-order valence-electron chi connectivity index (χ0n) is 7.29. The summed E-state index contributed by atoms with van der Waals surface area (Å²) in [6.07, 6.45) is 0. The number of hydrogen-bond acceptors (Lipinski definition) is 2. The molecule has 0 unspecified atom stereocenters. The number of primary amides is 1. The molecule has 2 amide bonds. The Morgan fingerprint density at radius 2 is 1.77 bits per heavy atom. The van der Waals surface area contributed by atoms with Gasteiger partial charge in [-0.15, -0.1) is 0 Å². The predicted octanol–water partition coefficient (Wildman–Crippen LogP) is 0.314. The van der Waals surface area contributed by atoms with Gasteiger partial charge in [-0.05, 0) is 11.1 Å². The standard InChI is InChI=1S/C9H13N3O/c10-5-7-1-3-8(4-2-7)6-12-9(11)13/h1-4H,5-6,10H2,(H3,11,12,13). The Balaban J connectivity index is 2.54. The largest absolute Gasteiger partial charge is 0.352 e. The second kappa shape index (κ2) is 4.47. The average Bonchev–Trinajstić information content (AvgIpc) is 2.15.